The zero-order chi connectivity index (χ0) is 23.1. The Morgan fingerprint density at radius 1 is 1.03 bits per heavy atom. The first-order valence-electron chi connectivity index (χ1n) is 11.6. The average Bonchev–Trinajstić information content (AvgIpc) is 3.28. The van der Waals surface area contributed by atoms with E-state index in [1.165, 1.54) is 0 Å². The smallest absolute Gasteiger partial charge is 0.287 e. The molecule has 0 bridgehead atoms. The summed E-state index contributed by atoms with van der Waals surface area (Å²) in [5.74, 6) is 0.882. The number of aromatic nitrogens is 4. The maximum atomic E-state index is 8.47. The lowest BCUT2D eigenvalue weighted by Crippen LogP contribution is -2.32. The van der Waals surface area contributed by atoms with Crippen LogP contribution in [0.5, 0.6) is 0 Å². The second-order valence-electron chi connectivity index (χ2n) is 8.19. The van der Waals surface area contributed by atoms with Gasteiger partial charge in [0, 0.05) is 16.1 Å². The zero-order valence-electron chi connectivity index (χ0n) is 20.2. The highest BCUT2D eigenvalue weighted by molar-refractivity contribution is 5.93. The Balaban J connectivity index is 1.72. The van der Waals surface area contributed by atoms with Crippen LogP contribution in [0.1, 0.15) is 32.2 Å². The number of hydrogen-bond acceptors (Lipinski definition) is 2. The highest BCUT2D eigenvalue weighted by Crippen LogP contribution is 2.40. The lowest BCUT2D eigenvalue weighted by molar-refractivity contribution is -0.662. The van der Waals surface area contributed by atoms with E-state index in [-0.39, 0.29) is 0 Å². The fourth-order valence-corrected chi connectivity index (χ4v) is 4.75. The van der Waals surface area contributed by atoms with Crippen LogP contribution in [-0.2, 0) is 13.5 Å². The Kier molecular flexibility index (Phi) is 2.88. The molecule has 3 aromatic carbocycles. The predicted octanol–water partition coefficient (Wildman–Crippen LogP) is 4.89. The van der Waals surface area contributed by atoms with Crippen molar-refractivity contribution in [2.75, 3.05) is 0 Å². The van der Waals surface area contributed by atoms with Crippen LogP contribution in [0.3, 0.4) is 0 Å². The van der Waals surface area contributed by atoms with Crippen LogP contribution < -0.4 is 4.57 Å². The third-order valence-electron chi connectivity index (χ3n) is 6.23. The summed E-state index contributed by atoms with van der Waals surface area (Å²) in [5.41, 5.74) is 8.69. The van der Waals surface area contributed by atoms with Gasteiger partial charge in [0.25, 0.3) is 6.33 Å². The lowest BCUT2D eigenvalue weighted by atomic mass is 9.93. The van der Waals surface area contributed by atoms with Crippen molar-refractivity contribution in [1.82, 2.24) is 14.5 Å². The highest BCUT2D eigenvalue weighted by Gasteiger charge is 2.28. The molecular weight excluding hydrogens is 368 g/mol. The average molecular weight is 395 g/mol. The SMILES string of the molecule is [2H]C([2H])([2H])c1c(C)c(-c2c3ccc(C)cc3nc[n+]2C)cc2c1-n1c(nc3ccccc31)C2. The van der Waals surface area contributed by atoms with Crippen LogP contribution in [0.2, 0.25) is 0 Å². The highest BCUT2D eigenvalue weighted by atomic mass is 15.1. The quantitative estimate of drug-likeness (QED) is 0.372. The number of para-hydroxylation sites is 2. The number of rotatable bonds is 1. The van der Waals surface area contributed by atoms with E-state index in [2.05, 4.69) is 29.2 Å². The second kappa shape index (κ2) is 5.99. The van der Waals surface area contributed by atoms with Gasteiger partial charge in [-0.15, -0.1) is 0 Å². The molecule has 0 radical (unpaired) electrons. The van der Waals surface area contributed by atoms with Crippen LogP contribution in [0.25, 0.3) is 38.9 Å². The molecule has 2 aromatic heterocycles. The summed E-state index contributed by atoms with van der Waals surface area (Å²) in [6, 6.07) is 16.3. The molecule has 30 heavy (non-hydrogen) atoms. The van der Waals surface area contributed by atoms with Gasteiger partial charge in [0.2, 0.25) is 0 Å². The summed E-state index contributed by atoms with van der Waals surface area (Å²) in [4.78, 5) is 9.40. The van der Waals surface area contributed by atoms with E-state index < -0.39 is 6.85 Å². The largest absolute Gasteiger partial charge is 0.295 e. The standard InChI is InChI=1S/C26H23N4/c1-15-9-10-19-22(11-15)27-14-29(4)26(19)20-12-18-13-24-28-21-7-5-6-8-23(21)30(24)25(18)17(3)16(20)2/h5-12,14H,13H2,1-4H3/q+1/i3D3. The summed E-state index contributed by atoms with van der Waals surface area (Å²) < 4.78 is 29.4. The first-order valence-corrected chi connectivity index (χ1v) is 10.1. The van der Waals surface area contributed by atoms with Crippen molar-refractivity contribution in [1.29, 1.82) is 0 Å². The molecule has 0 atom stereocenters. The normalized spacial score (nSPS) is 14.4. The van der Waals surface area contributed by atoms with Crippen molar-refractivity contribution in [2.24, 2.45) is 7.05 Å². The van der Waals surface area contributed by atoms with Crippen LogP contribution in [0.15, 0.2) is 54.9 Å². The minimum absolute atomic E-state index is 0.397. The molecule has 4 heteroatoms. The van der Waals surface area contributed by atoms with Gasteiger partial charge in [0.05, 0.1) is 29.2 Å². The second-order valence-corrected chi connectivity index (χ2v) is 8.19. The Labute approximate surface area is 179 Å². The van der Waals surface area contributed by atoms with E-state index in [9.17, 15) is 0 Å². The van der Waals surface area contributed by atoms with Gasteiger partial charge in [-0.2, -0.15) is 0 Å². The summed E-state index contributed by atoms with van der Waals surface area (Å²) >= 11 is 0. The summed E-state index contributed by atoms with van der Waals surface area (Å²) in [5, 5.41) is 1.01. The molecule has 5 aromatic rings. The van der Waals surface area contributed by atoms with Gasteiger partial charge in [-0.3, -0.25) is 4.57 Å². The molecule has 0 fully saturated rings. The fourth-order valence-electron chi connectivity index (χ4n) is 4.75. The first kappa shape index (κ1) is 14.5. The van der Waals surface area contributed by atoms with Crippen LogP contribution in [0, 0.1) is 20.7 Å². The molecule has 146 valence electrons. The van der Waals surface area contributed by atoms with Gasteiger partial charge in [0.1, 0.15) is 11.5 Å². The number of nitrogens with zero attached hydrogens (tertiary/aromatic N) is 4. The lowest BCUT2D eigenvalue weighted by Gasteiger charge is -2.16. The van der Waals surface area contributed by atoms with Gasteiger partial charge in [-0.25, -0.2) is 9.55 Å². The Morgan fingerprint density at radius 2 is 1.90 bits per heavy atom. The Morgan fingerprint density at radius 3 is 2.77 bits per heavy atom. The molecule has 0 amide bonds. The molecule has 0 N–H and O–H groups in total. The van der Waals surface area contributed by atoms with Gasteiger partial charge >= 0.3 is 0 Å². The molecule has 6 rings (SSSR count). The van der Waals surface area contributed by atoms with Crippen LogP contribution >= 0.6 is 0 Å². The van der Waals surface area contributed by atoms with E-state index in [1.54, 1.807) is 6.33 Å². The van der Waals surface area contributed by atoms with Crippen molar-refractivity contribution in [3.05, 3.63) is 82.9 Å². The maximum Gasteiger partial charge on any atom is 0.287 e. The number of benzene rings is 3. The topological polar surface area (TPSA) is 34.6 Å². The molecule has 3 heterocycles. The molecule has 0 saturated carbocycles. The summed E-state index contributed by atoms with van der Waals surface area (Å²) in [7, 11) is 1.96. The molecule has 0 aliphatic carbocycles. The third kappa shape index (κ3) is 2.25. The minimum atomic E-state index is -2.27. The number of fused-ring (bicyclic) bond motifs is 6. The molecule has 1 aliphatic heterocycles. The molecule has 0 spiro atoms. The zero-order valence-corrected chi connectivity index (χ0v) is 17.2. The predicted molar refractivity (Wildman–Crippen MR) is 120 cm³/mol. The van der Waals surface area contributed by atoms with Gasteiger partial charge in [-0.05, 0) is 78.3 Å². The van der Waals surface area contributed by atoms with Crippen molar-refractivity contribution in [2.45, 2.75) is 27.1 Å². The van der Waals surface area contributed by atoms with Crippen LogP contribution in [-0.4, -0.2) is 14.5 Å². The monoisotopic (exact) mass is 394 g/mol. The fraction of sp³-hybridized carbons (Fsp3) is 0.192. The summed E-state index contributed by atoms with van der Waals surface area (Å²) in [6.07, 6.45) is 2.41. The summed E-state index contributed by atoms with van der Waals surface area (Å²) in [6.45, 7) is 1.71. The number of imidazole rings is 1. The van der Waals surface area contributed by atoms with Crippen molar-refractivity contribution in [3.8, 4) is 16.9 Å². The molecule has 1 aliphatic rings. The van der Waals surface area contributed by atoms with Crippen molar-refractivity contribution in [3.63, 3.8) is 0 Å². The van der Waals surface area contributed by atoms with Gasteiger partial charge in [-0.1, -0.05) is 18.2 Å². The van der Waals surface area contributed by atoms with Gasteiger partial charge in [0.15, 0.2) is 5.52 Å². The minimum Gasteiger partial charge on any atom is -0.295 e. The third-order valence-corrected chi connectivity index (χ3v) is 6.23. The van der Waals surface area contributed by atoms with E-state index in [0.717, 1.165) is 61.4 Å². The van der Waals surface area contributed by atoms with Gasteiger partial charge < -0.3 is 0 Å². The number of hydrogen-bond donors (Lipinski definition) is 0. The molecule has 0 saturated heterocycles. The first-order chi connectivity index (χ1) is 15.7. The van der Waals surface area contributed by atoms with Crippen molar-refractivity contribution >= 4 is 21.9 Å². The van der Waals surface area contributed by atoms with Crippen molar-refractivity contribution < 1.29 is 8.68 Å². The van der Waals surface area contributed by atoms with E-state index in [1.807, 2.05) is 54.3 Å². The molecular formula is C26H23N4+. The Hall–Kier alpha value is -3.53. The van der Waals surface area contributed by atoms with E-state index >= 15 is 0 Å². The molecule has 4 nitrogen and oxygen atoms in total. The van der Waals surface area contributed by atoms with E-state index in [0.29, 0.717) is 12.0 Å². The number of aryl methyl sites for hydroxylation is 2. The Bertz CT molecular complexity index is 1610. The van der Waals surface area contributed by atoms with E-state index in [4.69, 9.17) is 9.10 Å². The molecule has 0 unspecified atom stereocenters. The van der Waals surface area contributed by atoms with Crippen LogP contribution in [0.4, 0.5) is 0 Å². The maximum absolute atomic E-state index is 8.47.